The van der Waals surface area contributed by atoms with Gasteiger partial charge in [0.15, 0.2) is 0 Å². The van der Waals surface area contributed by atoms with Gasteiger partial charge in [0.1, 0.15) is 0 Å². The molecule has 0 atom stereocenters. The monoisotopic (exact) mass is 849 g/mol. The van der Waals surface area contributed by atoms with Crippen LogP contribution in [0.1, 0.15) is 176 Å². The molecule has 336 valence electrons. The second kappa shape index (κ2) is 21.1. The van der Waals surface area contributed by atoms with Gasteiger partial charge in [-0.15, -0.1) is 0 Å². The molecule has 1 aliphatic carbocycles. The van der Waals surface area contributed by atoms with Gasteiger partial charge in [0.2, 0.25) is 0 Å². The van der Waals surface area contributed by atoms with Gasteiger partial charge in [0, 0.05) is 0 Å². The number of aryl methyl sites for hydroxylation is 12. The molecular formula is C64H80. The van der Waals surface area contributed by atoms with Crippen molar-refractivity contribution in [2.75, 3.05) is 0 Å². The summed E-state index contributed by atoms with van der Waals surface area (Å²) in [6.45, 7) is 28.7. The summed E-state index contributed by atoms with van der Waals surface area (Å²) in [6, 6.07) is 30.4. The van der Waals surface area contributed by atoms with Crippen LogP contribution in [0, 0.1) is 0 Å². The third-order valence-electron chi connectivity index (χ3n) is 14.6. The summed E-state index contributed by atoms with van der Waals surface area (Å²) in [5, 5.41) is 0. The molecule has 0 aromatic heterocycles. The average Bonchev–Trinajstić information content (AvgIpc) is 3.31. The number of fused-ring (bicyclic) bond motifs is 4. The van der Waals surface area contributed by atoms with Crippen molar-refractivity contribution < 1.29 is 0 Å². The Morgan fingerprint density at radius 1 is 0.234 bits per heavy atom. The molecule has 6 aromatic rings. The van der Waals surface area contributed by atoms with E-state index >= 15 is 0 Å². The second-order valence-corrected chi connectivity index (χ2v) is 18.8. The third-order valence-corrected chi connectivity index (χ3v) is 14.6. The molecule has 0 heteroatoms. The van der Waals surface area contributed by atoms with Gasteiger partial charge in [-0.25, -0.2) is 0 Å². The Bertz CT molecular complexity index is 2340. The van der Waals surface area contributed by atoms with Gasteiger partial charge in [0.25, 0.3) is 0 Å². The Hall–Kier alpha value is -4.68. The molecule has 0 saturated heterocycles. The van der Waals surface area contributed by atoms with Crippen LogP contribution in [0.4, 0.5) is 0 Å². The molecule has 0 saturated carbocycles. The van der Waals surface area contributed by atoms with Crippen molar-refractivity contribution in [3.8, 4) is 66.8 Å². The van der Waals surface area contributed by atoms with E-state index < -0.39 is 0 Å². The molecular weight excluding hydrogens is 769 g/mol. The van der Waals surface area contributed by atoms with E-state index in [1.807, 2.05) is 0 Å². The molecule has 0 radical (unpaired) electrons. The molecule has 0 bridgehead atoms. The summed E-state index contributed by atoms with van der Waals surface area (Å²) >= 11 is 0. The molecule has 0 N–H and O–H groups in total. The van der Waals surface area contributed by atoms with E-state index in [4.69, 9.17) is 0 Å². The summed E-state index contributed by atoms with van der Waals surface area (Å²) in [6.07, 6.45) is 17.1. The van der Waals surface area contributed by atoms with Crippen LogP contribution in [-0.4, -0.2) is 0 Å². The zero-order valence-corrected chi connectivity index (χ0v) is 42.2. The fourth-order valence-electron chi connectivity index (χ4n) is 11.8. The molecule has 0 fully saturated rings. The Balaban J connectivity index is 1.90. The quantitative estimate of drug-likeness (QED) is 0.0717. The lowest BCUT2D eigenvalue weighted by molar-refractivity contribution is 0.910. The number of hydrogen-bond acceptors (Lipinski definition) is 0. The maximum Gasteiger partial charge on any atom is -0.000720 e. The van der Waals surface area contributed by atoms with E-state index in [0.717, 1.165) is 103 Å². The lowest BCUT2D eigenvalue weighted by Gasteiger charge is -2.38. The second-order valence-electron chi connectivity index (χ2n) is 18.8. The SMILES string of the molecule is CCCc1cc(CC)c(-c2c3c(c(-c4c(CC)cc(CCC)cc4CC)c(-c4c(CC)cc(CCC)cc4CC)c2-c2c(CC)cc(CCC)cc2CC)-c2ccccc2-3)c(CC)c1. The summed E-state index contributed by atoms with van der Waals surface area (Å²) in [5.41, 5.74) is 35.8. The van der Waals surface area contributed by atoms with E-state index in [1.165, 1.54) is 134 Å². The fourth-order valence-corrected chi connectivity index (χ4v) is 11.8. The standard InChI is InChI=1S/C64H80/c1-13-27-41-33-45(17-5)55(46(18-6)34-41)61-59-53-31-25-26-32-54(53)60(59)62(56-47(19-7)35-42(28-14-2)36-48(56)20-8)64(58-51(23-11)39-44(30-16-4)40-52(58)24-12)63(61)57-49(21-9)37-43(29-15-3)38-50(57)22-10/h25-26,31-40H,13-24,27-30H2,1-12H3. The lowest BCUT2D eigenvalue weighted by atomic mass is 9.64. The van der Waals surface area contributed by atoms with Crippen molar-refractivity contribution in [3.05, 3.63) is 140 Å². The molecule has 0 heterocycles. The van der Waals surface area contributed by atoms with Gasteiger partial charge < -0.3 is 0 Å². The topological polar surface area (TPSA) is 0 Å². The van der Waals surface area contributed by atoms with E-state index in [-0.39, 0.29) is 0 Å². The summed E-state index contributed by atoms with van der Waals surface area (Å²) in [7, 11) is 0. The Morgan fingerprint density at radius 3 is 0.594 bits per heavy atom. The maximum atomic E-state index is 2.62. The lowest BCUT2D eigenvalue weighted by Crippen LogP contribution is -2.14. The fraction of sp³-hybridized carbons (Fsp3) is 0.438. The van der Waals surface area contributed by atoms with Crippen LogP contribution in [0.25, 0.3) is 66.8 Å². The molecule has 0 unspecified atom stereocenters. The first-order chi connectivity index (χ1) is 31.2. The Labute approximate surface area is 390 Å². The van der Waals surface area contributed by atoms with Gasteiger partial charge in [-0.05, 0) is 211 Å². The van der Waals surface area contributed by atoms with Crippen molar-refractivity contribution >= 4 is 0 Å². The van der Waals surface area contributed by atoms with Gasteiger partial charge in [-0.2, -0.15) is 0 Å². The van der Waals surface area contributed by atoms with Crippen LogP contribution in [0.3, 0.4) is 0 Å². The summed E-state index contributed by atoms with van der Waals surface area (Å²) < 4.78 is 0. The zero-order chi connectivity index (χ0) is 45.7. The minimum atomic E-state index is 1.00. The average molecular weight is 849 g/mol. The molecule has 7 rings (SSSR count). The van der Waals surface area contributed by atoms with E-state index in [2.05, 4.69) is 156 Å². The van der Waals surface area contributed by atoms with Crippen LogP contribution in [-0.2, 0) is 77.0 Å². The van der Waals surface area contributed by atoms with E-state index in [9.17, 15) is 0 Å². The largest absolute Gasteiger partial charge is 0.0651 e. The molecule has 0 aliphatic heterocycles. The maximum absolute atomic E-state index is 2.62. The van der Waals surface area contributed by atoms with Crippen LogP contribution in [0.2, 0.25) is 0 Å². The minimum Gasteiger partial charge on any atom is -0.0651 e. The van der Waals surface area contributed by atoms with Crippen molar-refractivity contribution in [2.24, 2.45) is 0 Å². The predicted octanol–water partition coefficient (Wildman–Crippen LogP) is 18.3. The van der Waals surface area contributed by atoms with E-state index in [0.29, 0.717) is 0 Å². The molecule has 0 spiro atoms. The third kappa shape index (κ3) is 8.49. The highest BCUT2D eigenvalue weighted by molar-refractivity contribution is 6.23. The first-order valence-corrected chi connectivity index (χ1v) is 26.2. The van der Waals surface area contributed by atoms with Crippen LogP contribution >= 0.6 is 0 Å². The van der Waals surface area contributed by atoms with Crippen molar-refractivity contribution in [2.45, 2.75) is 186 Å². The number of benzene rings is 6. The van der Waals surface area contributed by atoms with Gasteiger partial charge in [-0.1, -0.05) is 182 Å². The van der Waals surface area contributed by atoms with Gasteiger partial charge in [-0.3, -0.25) is 0 Å². The minimum absolute atomic E-state index is 1.00. The highest BCUT2D eigenvalue weighted by Gasteiger charge is 2.39. The van der Waals surface area contributed by atoms with Crippen molar-refractivity contribution in [3.63, 3.8) is 0 Å². The smallest absolute Gasteiger partial charge is 0.000720 e. The molecule has 0 nitrogen and oxygen atoms in total. The van der Waals surface area contributed by atoms with Gasteiger partial charge >= 0.3 is 0 Å². The number of hydrogen-bond donors (Lipinski definition) is 0. The normalized spacial score (nSPS) is 11.8. The van der Waals surface area contributed by atoms with Crippen LogP contribution in [0.5, 0.6) is 0 Å². The predicted molar refractivity (Wildman–Crippen MR) is 284 cm³/mol. The van der Waals surface area contributed by atoms with E-state index in [1.54, 1.807) is 0 Å². The van der Waals surface area contributed by atoms with Gasteiger partial charge in [0.05, 0.1) is 0 Å². The number of rotatable bonds is 20. The molecule has 1 aliphatic rings. The summed E-state index contributed by atoms with van der Waals surface area (Å²) in [5.74, 6) is 0. The highest BCUT2D eigenvalue weighted by Crippen LogP contribution is 2.64. The highest BCUT2D eigenvalue weighted by atomic mass is 14.4. The van der Waals surface area contributed by atoms with Crippen LogP contribution < -0.4 is 0 Å². The molecule has 6 aromatic carbocycles. The molecule has 64 heavy (non-hydrogen) atoms. The Kier molecular flexibility index (Phi) is 15.6. The molecule has 0 amide bonds. The first kappa shape index (κ1) is 47.3. The summed E-state index contributed by atoms with van der Waals surface area (Å²) in [4.78, 5) is 0. The zero-order valence-electron chi connectivity index (χ0n) is 42.2. The van der Waals surface area contributed by atoms with Crippen molar-refractivity contribution in [1.82, 2.24) is 0 Å². The first-order valence-electron chi connectivity index (χ1n) is 26.2. The van der Waals surface area contributed by atoms with Crippen molar-refractivity contribution in [1.29, 1.82) is 0 Å². The Morgan fingerprint density at radius 2 is 0.422 bits per heavy atom. The van der Waals surface area contributed by atoms with Crippen LogP contribution in [0.15, 0.2) is 72.8 Å².